The molecular formula is C15H26O3. The molecule has 1 rings (SSSR count). The van der Waals surface area contributed by atoms with Crippen molar-refractivity contribution in [1.29, 1.82) is 0 Å². The molecule has 0 amide bonds. The second kappa shape index (κ2) is 9.29. The second-order valence-electron chi connectivity index (χ2n) is 4.93. The maximum Gasteiger partial charge on any atom is 0.215 e. The molecule has 0 radical (unpaired) electrons. The zero-order valence-corrected chi connectivity index (χ0v) is 11.5. The predicted molar refractivity (Wildman–Crippen MR) is 72.4 cm³/mol. The Morgan fingerprint density at radius 2 is 1.72 bits per heavy atom. The van der Waals surface area contributed by atoms with Crippen LogP contribution in [0.3, 0.4) is 0 Å². The molecule has 0 spiro atoms. The van der Waals surface area contributed by atoms with Gasteiger partial charge in [-0.1, -0.05) is 57.9 Å². The topological polar surface area (TPSA) is 35.5 Å². The standard InChI is InChI=1S/C15H26O3/c1-3-5-6-7-8-9-10-11-14-13(4-2)17-15(12-16)18-14/h4,12-15H,2-3,5-11H2,1H3. The van der Waals surface area contributed by atoms with Gasteiger partial charge in [-0.05, 0) is 6.42 Å². The minimum Gasteiger partial charge on any atom is -0.340 e. The molecule has 104 valence electrons. The molecule has 0 aliphatic carbocycles. The summed E-state index contributed by atoms with van der Waals surface area (Å²) in [5, 5.41) is 0. The Bertz CT molecular complexity index is 240. The highest BCUT2D eigenvalue weighted by Gasteiger charge is 2.33. The van der Waals surface area contributed by atoms with E-state index in [0.29, 0.717) is 6.29 Å². The number of aldehydes is 1. The first-order valence-electron chi connectivity index (χ1n) is 7.20. The normalized spacial score (nSPS) is 27.3. The summed E-state index contributed by atoms with van der Waals surface area (Å²) in [6, 6.07) is 0. The number of carbonyl (C=O) groups excluding carboxylic acids is 1. The highest BCUT2D eigenvalue weighted by atomic mass is 16.7. The molecule has 0 aromatic carbocycles. The monoisotopic (exact) mass is 254 g/mol. The van der Waals surface area contributed by atoms with Crippen molar-refractivity contribution in [3.63, 3.8) is 0 Å². The lowest BCUT2D eigenvalue weighted by Gasteiger charge is -2.12. The van der Waals surface area contributed by atoms with Crippen LogP contribution in [0.25, 0.3) is 0 Å². The lowest BCUT2D eigenvalue weighted by Crippen LogP contribution is -2.19. The van der Waals surface area contributed by atoms with Crippen molar-refractivity contribution in [2.75, 3.05) is 0 Å². The van der Waals surface area contributed by atoms with E-state index >= 15 is 0 Å². The molecule has 18 heavy (non-hydrogen) atoms. The molecule has 1 fully saturated rings. The van der Waals surface area contributed by atoms with Gasteiger partial charge in [0.25, 0.3) is 0 Å². The van der Waals surface area contributed by atoms with Gasteiger partial charge in [-0.25, -0.2) is 0 Å². The Morgan fingerprint density at radius 3 is 2.33 bits per heavy atom. The quantitative estimate of drug-likeness (QED) is 0.339. The van der Waals surface area contributed by atoms with Crippen LogP contribution in [0.2, 0.25) is 0 Å². The third kappa shape index (κ3) is 5.32. The molecule has 1 aliphatic rings. The van der Waals surface area contributed by atoms with Gasteiger partial charge >= 0.3 is 0 Å². The lowest BCUT2D eigenvalue weighted by molar-refractivity contribution is -0.134. The number of ether oxygens (including phenoxy) is 2. The predicted octanol–water partition coefficient (Wildman–Crippen LogP) is 3.62. The first-order chi connectivity index (χ1) is 8.81. The van der Waals surface area contributed by atoms with Crippen LogP contribution in [0.5, 0.6) is 0 Å². The molecule has 1 heterocycles. The van der Waals surface area contributed by atoms with Crippen LogP contribution in [0.1, 0.15) is 58.3 Å². The van der Waals surface area contributed by atoms with E-state index in [9.17, 15) is 4.79 Å². The zero-order valence-electron chi connectivity index (χ0n) is 11.5. The maximum absolute atomic E-state index is 10.6. The summed E-state index contributed by atoms with van der Waals surface area (Å²) in [6.45, 7) is 5.95. The average Bonchev–Trinajstić information content (AvgIpc) is 2.80. The molecule has 1 aliphatic heterocycles. The molecule has 3 atom stereocenters. The van der Waals surface area contributed by atoms with Crippen molar-refractivity contribution in [3.05, 3.63) is 12.7 Å². The van der Waals surface area contributed by atoms with Crippen LogP contribution in [0.15, 0.2) is 12.7 Å². The lowest BCUT2D eigenvalue weighted by atomic mass is 10.0. The van der Waals surface area contributed by atoms with Gasteiger partial charge in [0, 0.05) is 0 Å². The fraction of sp³-hybridized carbons (Fsp3) is 0.800. The van der Waals surface area contributed by atoms with E-state index in [2.05, 4.69) is 13.5 Å². The van der Waals surface area contributed by atoms with Crippen LogP contribution < -0.4 is 0 Å². The number of hydrogen-bond acceptors (Lipinski definition) is 3. The Morgan fingerprint density at radius 1 is 1.06 bits per heavy atom. The number of rotatable bonds is 10. The molecular weight excluding hydrogens is 228 g/mol. The Balaban J connectivity index is 2.07. The van der Waals surface area contributed by atoms with Gasteiger partial charge in [-0.2, -0.15) is 0 Å². The first kappa shape index (κ1) is 15.4. The molecule has 0 aromatic rings. The second-order valence-corrected chi connectivity index (χ2v) is 4.93. The van der Waals surface area contributed by atoms with E-state index in [1.54, 1.807) is 6.08 Å². The van der Waals surface area contributed by atoms with E-state index in [1.807, 2.05) is 0 Å². The van der Waals surface area contributed by atoms with Gasteiger partial charge in [0.2, 0.25) is 6.29 Å². The van der Waals surface area contributed by atoms with Crippen LogP contribution in [0.4, 0.5) is 0 Å². The van der Waals surface area contributed by atoms with Gasteiger partial charge < -0.3 is 9.47 Å². The van der Waals surface area contributed by atoms with Crippen LogP contribution in [-0.4, -0.2) is 24.8 Å². The van der Waals surface area contributed by atoms with Gasteiger partial charge in [0.1, 0.15) is 6.10 Å². The highest BCUT2D eigenvalue weighted by Crippen LogP contribution is 2.23. The summed E-state index contributed by atoms with van der Waals surface area (Å²) in [5.74, 6) is 0. The van der Waals surface area contributed by atoms with Crippen molar-refractivity contribution < 1.29 is 14.3 Å². The smallest absolute Gasteiger partial charge is 0.215 e. The van der Waals surface area contributed by atoms with Gasteiger partial charge in [-0.3, -0.25) is 4.79 Å². The fourth-order valence-electron chi connectivity index (χ4n) is 2.33. The third-order valence-electron chi connectivity index (χ3n) is 3.40. The minimum atomic E-state index is -0.692. The summed E-state index contributed by atoms with van der Waals surface area (Å²) in [6.07, 6.45) is 11.6. The summed E-state index contributed by atoms with van der Waals surface area (Å²) < 4.78 is 10.9. The van der Waals surface area contributed by atoms with Crippen molar-refractivity contribution in [2.45, 2.75) is 76.8 Å². The molecule has 0 bridgehead atoms. The van der Waals surface area contributed by atoms with Gasteiger partial charge in [0.15, 0.2) is 6.29 Å². The largest absolute Gasteiger partial charge is 0.340 e. The van der Waals surface area contributed by atoms with E-state index in [-0.39, 0.29) is 12.2 Å². The Labute approximate surface area is 111 Å². The van der Waals surface area contributed by atoms with Crippen LogP contribution >= 0.6 is 0 Å². The zero-order chi connectivity index (χ0) is 13.2. The molecule has 0 saturated carbocycles. The summed E-state index contributed by atoms with van der Waals surface area (Å²) >= 11 is 0. The van der Waals surface area contributed by atoms with Crippen LogP contribution in [0, 0.1) is 0 Å². The molecule has 3 nitrogen and oxygen atoms in total. The highest BCUT2D eigenvalue weighted by molar-refractivity contribution is 5.54. The average molecular weight is 254 g/mol. The Kier molecular flexibility index (Phi) is 7.94. The summed E-state index contributed by atoms with van der Waals surface area (Å²) in [7, 11) is 0. The van der Waals surface area contributed by atoms with Crippen molar-refractivity contribution in [3.8, 4) is 0 Å². The van der Waals surface area contributed by atoms with Gasteiger partial charge in [-0.15, -0.1) is 6.58 Å². The number of unbranched alkanes of at least 4 members (excludes halogenated alkanes) is 6. The maximum atomic E-state index is 10.6. The first-order valence-corrected chi connectivity index (χ1v) is 7.20. The third-order valence-corrected chi connectivity index (χ3v) is 3.40. The minimum absolute atomic E-state index is 0.00772. The molecule has 0 N–H and O–H groups in total. The van der Waals surface area contributed by atoms with E-state index in [1.165, 1.54) is 38.5 Å². The SMILES string of the molecule is C=CC1OC(C=O)OC1CCCCCCCCC. The van der Waals surface area contributed by atoms with Crippen molar-refractivity contribution in [1.82, 2.24) is 0 Å². The van der Waals surface area contributed by atoms with E-state index in [4.69, 9.17) is 9.47 Å². The van der Waals surface area contributed by atoms with E-state index in [0.717, 1.165) is 12.8 Å². The number of hydrogen-bond donors (Lipinski definition) is 0. The van der Waals surface area contributed by atoms with E-state index < -0.39 is 6.29 Å². The van der Waals surface area contributed by atoms with Gasteiger partial charge in [0.05, 0.1) is 6.10 Å². The summed E-state index contributed by atoms with van der Waals surface area (Å²) in [5.41, 5.74) is 0. The molecule has 1 saturated heterocycles. The molecule has 3 heteroatoms. The number of carbonyl (C=O) groups is 1. The molecule has 3 unspecified atom stereocenters. The van der Waals surface area contributed by atoms with Crippen LogP contribution in [-0.2, 0) is 14.3 Å². The fourth-order valence-corrected chi connectivity index (χ4v) is 2.33. The summed E-state index contributed by atoms with van der Waals surface area (Å²) in [4.78, 5) is 10.6. The van der Waals surface area contributed by atoms with Crippen molar-refractivity contribution >= 4 is 6.29 Å². The molecule has 0 aromatic heterocycles. The Hall–Kier alpha value is -0.670. The van der Waals surface area contributed by atoms with Crippen molar-refractivity contribution in [2.24, 2.45) is 0 Å².